The molecule has 0 bridgehead atoms. The molecule has 1 aromatic heterocycles. The van der Waals surface area contributed by atoms with Crippen LogP contribution in [-0.2, 0) is 0 Å². The molecule has 2 atom stereocenters. The summed E-state index contributed by atoms with van der Waals surface area (Å²) in [6.07, 6.45) is 4.79. The quantitative estimate of drug-likeness (QED) is 0.844. The van der Waals surface area contributed by atoms with Crippen LogP contribution in [-0.4, -0.2) is 24.6 Å². The Balaban J connectivity index is 2.01. The minimum absolute atomic E-state index is 0.413. The van der Waals surface area contributed by atoms with Gasteiger partial charge in [-0.3, -0.25) is 0 Å². The monoisotopic (exact) mass is 253 g/mol. The van der Waals surface area contributed by atoms with Crippen LogP contribution in [0.4, 0.5) is 5.13 Å². The van der Waals surface area contributed by atoms with Crippen molar-refractivity contribution in [3.8, 4) is 0 Å². The molecule has 1 saturated carbocycles. The average Bonchev–Trinajstić information content (AvgIpc) is 3.04. The lowest BCUT2D eigenvalue weighted by atomic mass is 10.2. The molecule has 1 aliphatic rings. The fourth-order valence-electron chi connectivity index (χ4n) is 2.12. The summed E-state index contributed by atoms with van der Waals surface area (Å²) in [6.45, 7) is 7.65. The highest BCUT2D eigenvalue weighted by molar-refractivity contribution is 7.15. The molecule has 2 unspecified atom stereocenters. The van der Waals surface area contributed by atoms with E-state index in [1.807, 2.05) is 17.5 Å². The molecule has 0 saturated heterocycles. The number of rotatable bonds is 6. The van der Waals surface area contributed by atoms with Gasteiger partial charge < -0.3 is 10.2 Å². The van der Waals surface area contributed by atoms with Gasteiger partial charge in [-0.05, 0) is 39.2 Å². The normalized spacial score (nSPS) is 19.1. The minimum atomic E-state index is 0.413. The molecule has 17 heavy (non-hydrogen) atoms. The molecule has 1 fully saturated rings. The van der Waals surface area contributed by atoms with Crippen molar-refractivity contribution in [1.29, 1.82) is 0 Å². The molecule has 1 aliphatic carbocycles. The van der Waals surface area contributed by atoms with Gasteiger partial charge in [-0.15, -0.1) is 11.3 Å². The molecule has 1 aromatic rings. The summed E-state index contributed by atoms with van der Waals surface area (Å²) < 4.78 is 0. The summed E-state index contributed by atoms with van der Waals surface area (Å²) in [5.41, 5.74) is 0. The van der Waals surface area contributed by atoms with E-state index in [1.165, 1.54) is 17.7 Å². The Kier molecular flexibility index (Phi) is 4.05. The Bertz CT molecular complexity index is 359. The molecular formula is C13H23N3S. The van der Waals surface area contributed by atoms with Crippen molar-refractivity contribution in [2.45, 2.75) is 45.7 Å². The van der Waals surface area contributed by atoms with E-state index >= 15 is 0 Å². The van der Waals surface area contributed by atoms with Crippen LogP contribution >= 0.6 is 11.3 Å². The molecule has 0 aliphatic heterocycles. The zero-order valence-electron chi connectivity index (χ0n) is 11.2. The van der Waals surface area contributed by atoms with Crippen molar-refractivity contribution in [2.75, 3.05) is 18.5 Å². The van der Waals surface area contributed by atoms with Gasteiger partial charge in [-0.1, -0.05) is 6.92 Å². The Morgan fingerprint density at radius 3 is 2.82 bits per heavy atom. The van der Waals surface area contributed by atoms with Gasteiger partial charge in [-0.25, -0.2) is 4.98 Å². The Labute approximate surface area is 108 Å². The third-order valence-corrected chi connectivity index (χ3v) is 4.94. The first-order chi connectivity index (χ1) is 8.13. The van der Waals surface area contributed by atoms with Crippen LogP contribution in [0.1, 0.15) is 44.5 Å². The number of anilines is 1. The Morgan fingerprint density at radius 1 is 1.53 bits per heavy atom. The van der Waals surface area contributed by atoms with E-state index in [0.29, 0.717) is 12.1 Å². The van der Waals surface area contributed by atoms with E-state index in [2.05, 4.69) is 43.0 Å². The van der Waals surface area contributed by atoms with Crippen molar-refractivity contribution in [2.24, 2.45) is 5.92 Å². The lowest BCUT2D eigenvalue weighted by molar-refractivity contribution is 0.605. The van der Waals surface area contributed by atoms with Crippen molar-refractivity contribution in [3.05, 3.63) is 11.1 Å². The molecule has 0 amide bonds. The van der Waals surface area contributed by atoms with Gasteiger partial charge in [0, 0.05) is 30.2 Å². The van der Waals surface area contributed by atoms with E-state index in [0.717, 1.165) is 17.6 Å². The van der Waals surface area contributed by atoms with E-state index < -0.39 is 0 Å². The zero-order chi connectivity index (χ0) is 12.4. The van der Waals surface area contributed by atoms with Crippen molar-refractivity contribution in [1.82, 2.24) is 10.3 Å². The first-order valence-corrected chi connectivity index (χ1v) is 7.37. The largest absolute Gasteiger partial charge is 0.348 e. The zero-order valence-corrected chi connectivity index (χ0v) is 12.0. The fourth-order valence-corrected chi connectivity index (χ4v) is 3.11. The predicted molar refractivity (Wildman–Crippen MR) is 74.8 cm³/mol. The SMILES string of the molecule is CCNC(C)c1cnc(N(C)C(C)C2CC2)s1. The third kappa shape index (κ3) is 2.99. The van der Waals surface area contributed by atoms with Gasteiger partial charge in [0.1, 0.15) is 0 Å². The smallest absolute Gasteiger partial charge is 0.185 e. The summed E-state index contributed by atoms with van der Waals surface area (Å²) in [6, 6.07) is 1.04. The van der Waals surface area contributed by atoms with E-state index in [9.17, 15) is 0 Å². The van der Waals surface area contributed by atoms with E-state index in [1.54, 1.807) is 0 Å². The highest BCUT2D eigenvalue weighted by atomic mass is 32.1. The van der Waals surface area contributed by atoms with Gasteiger partial charge in [-0.2, -0.15) is 0 Å². The first-order valence-electron chi connectivity index (χ1n) is 6.55. The highest BCUT2D eigenvalue weighted by Crippen LogP contribution is 2.37. The maximum atomic E-state index is 4.56. The number of nitrogens with one attached hydrogen (secondary N) is 1. The Morgan fingerprint density at radius 2 is 2.24 bits per heavy atom. The molecule has 2 rings (SSSR count). The van der Waals surface area contributed by atoms with Crippen LogP contribution in [0.2, 0.25) is 0 Å². The van der Waals surface area contributed by atoms with Crippen LogP contribution < -0.4 is 10.2 Å². The second-order valence-electron chi connectivity index (χ2n) is 5.01. The van der Waals surface area contributed by atoms with Crippen LogP contribution in [0.15, 0.2) is 6.20 Å². The van der Waals surface area contributed by atoms with Gasteiger partial charge in [0.15, 0.2) is 5.13 Å². The summed E-state index contributed by atoms with van der Waals surface area (Å²) in [7, 11) is 2.17. The molecule has 4 heteroatoms. The Hall–Kier alpha value is -0.610. The van der Waals surface area contributed by atoms with Crippen LogP contribution in [0.3, 0.4) is 0 Å². The number of thiazole rings is 1. The summed E-state index contributed by atoms with van der Waals surface area (Å²) in [5, 5.41) is 4.59. The van der Waals surface area contributed by atoms with Crippen LogP contribution in [0.25, 0.3) is 0 Å². The van der Waals surface area contributed by atoms with Crippen LogP contribution in [0, 0.1) is 5.92 Å². The number of nitrogens with zero attached hydrogens (tertiary/aromatic N) is 2. The molecule has 0 aromatic carbocycles. The second-order valence-corrected chi connectivity index (χ2v) is 6.05. The number of hydrogen-bond donors (Lipinski definition) is 1. The van der Waals surface area contributed by atoms with Gasteiger partial charge in [0.25, 0.3) is 0 Å². The summed E-state index contributed by atoms with van der Waals surface area (Å²) >= 11 is 1.81. The maximum absolute atomic E-state index is 4.56. The van der Waals surface area contributed by atoms with Crippen LogP contribution in [0.5, 0.6) is 0 Å². The van der Waals surface area contributed by atoms with Gasteiger partial charge >= 0.3 is 0 Å². The highest BCUT2D eigenvalue weighted by Gasteiger charge is 2.31. The molecule has 0 spiro atoms. The van der Waals surface area contributed by atoms with Gasteiger partial charge in [0.05, 0.1) is 0 Å². The maximum Gasteiger partial charge on any atom is 0.185 e. The molecule has 1 N–H and O–H groups in total. The lowest BCUT2D eigenvalue weighted by Crippen LogP contribution is -2.30. The van der Waals surface area contributed by atoms with Crippen molar-refractivity contribution in [3.63, 3.8) is 0 Å². The summed E-state index contributed by atoms with van der Waals surface area (Å²) in [5.74, 6) is 0.888. The van der Waals surface area contributed by atoms with Crippen molar-refractivity contribution >= 4 is 16.5 Å². The molecule has 96 valence electrons. The van der Waals surface area contributed by atoms with E-state index in [4.69, 9.17) is 0 Å². The fraction of sp³-hybridized carbons (Fsp3) is 0.769. The lowest BCUT2D eigenvalue weighted by Gasteiger charge is -2.24. The predicted octanol–water partition coefficient (Wildman–Crippen LogP) is 3.05. The first kappa shape index (κ1) is 12.8. The second kappa shape index (κ2) is 5.36. The van der Waals surface area contributed by atoms with Crippen molar-refractivity contribution < 1.29 is 0 Å². The average molecular weight is 253 g/mol. The standard InChI is InChI=1S/C13H23N3S/c1-5-14-9(2)12-8-15-13(17-12)16(4)10(3)11-6-7-11/h8-11,14H,5-7H2,1-4H3. The third-order valence-electron chi connectivity index (χ3n) is 3.67. The number of hydrogen-bond acceptors (Lipinski definition) is 4. The van der Waals surface area contributed by atoms with Gasteiger partial charge in [0.2, 0.25) is 0 Å². The topological polar surface area (TPSA) is 28.2 Å². The van der Waals surface area contributed by atoms with E-state index in [-0.39, 0.29) is 0 Å². The summed E-state index contributed by atoms with van der Waals surface area (Å²) in [4.78, 5) is 8.22. The minimum Gasteiger partial charge on any atom is -0.348 e. The molecule has 0 radical (unpaired) electrons. The molecular weight excluding hydrogens is 230 g/mol. The molecule has 1 heterocycles. The molecule has 3 nitrogen and oxygen atoms in total. The number of aromatic nitrogens is 1.